The van der Waals surface area contributed by atoms with E-state index >= 15 is 0 Å². The molecular formula is C7H12I2O. The van der Waals surface area contributed by atoms with Crippen LogP contribution < -0.4 is 0 Å². The van der Waals surface area contributed by atoms with E-state index in [1.165, 1.54) is 21.7 Å². The number of hydrogen-bond donors (Lipinski definition) is 0. The molecule has 1 aliphatic rings. The Hall–Kier alpha value is 1.42. The van der Waals surface area contributed by atoms with Gasteiger partial charge in [0.25, 0.3) is 0 Å². The Balaban J connectivity index is 2.27. The molecule has 0 unspecified atom stereocenters. The molecule has 0 aromatic rings. The van der Waals surface area contributed by atoms with Crippen molar-refractivity contribution in [1.82, 2.24) is 0 Å². The van der Waals surface area contributed by atoms with Crippen LogP contribution in [-0.4, -0.2) is 22.1 Å². The standard InChI is InChI=1S/C7H12I2O/c8-3-1-7(2-4-9)5-10-6-7/h1-6H2. The SMILES string of the molecule is ICCC1(CCI)COC1. The van der Waals surface area contributed by atoms with Crippen molar-refractivity contribution in [2.24, 2.45) is 5.41 Å². The summed E-state index contributed by atoms with van der Waals surface area (Å²) in [5, 5.41) is 0. The third-order valence-corrected chi connectivity index (χ3v) is 3.14. The predicted molar refractivity (Wildman–Crippen MR) is 60.3 cm³/mol. The highest BCUT2D eigenvalue weighted by Gasteiger charge is 2.36. The van der Waals surface area contributed by atoms with Gasteiger partial charge in [0.05, 0.1) is 13.2 Å². The van der Waals surface area contributed by atoms with E-state index in [-0.39, 0.29) is 0 Å². The van der Waals surface area contributed by atoms with E-state index in [1.54, 1.807) is 0 Å². The van der Waals surface area contributed by atoms with Gasteiger partial charge in [0.2, 0.25) is 0 Å². The summed E-state index contributed by atoms with van der Waals surface area (Å²) >= 11 is 4.90. The number of alkyl halides is 2. The van der Waals surface area contributed by atoms with E-state index in [4.69, 9.17) is 4.74 Å². The van der Waals surface area contributed by atoms with Crippen LogP contribution in [0.25, 0.3) is 0 Å². The van der Waals surface area contributed by atoms with Gasteiger partial charge in [0, 0.05) is 14.3 Å². The van der Waals surface area contributed by atoms with Crippen LogP contribution in [-0.2, 0) is 4.74 Å². The van der Waals surface area contributed by atoms with Crippen molar-refractivity contribution in [1.29, 1.82) is 0 Å². The maximum Gasteiger partial charge on any atom is 0.0545 e. The van der Waals surface area contributed by atoms with Crippen molar-refractivity contribution in [2.45, 2.75) is 12.8 Å². The average Bonchev–Trinajstić information content (AvgIpc) is 1.84. The maximum atomic E-state index is 5.24. The number of rotatable bonds is 4. The maximum absolute atomic E-state index is 5.24. The van der Waals surface area contributed by atoms with Crippen molar-refractivity contribution in [3.8, 4) is 0 Å². The lowest BCUT2D eigenvalue weighted by atomic mass is 9.81. The highest BCUT2D eigenvalue weighted by Crippen LogP contribution is 2.36. The predicted octanol–water partition coefficient (Wildman–Crippen LogP) is 2.65. The summed E-state index contributed by atoms with van der Waals surface area (Å²) in [7, 11) is 0. The first-order chi connectivity index (χ1) is 4.83. The van der Waals surface area contributed by atoms with Crippen LogP contribution in [0, 0.1) is 5.41 Å². The molecule has 0 spiro atoms. The van der Waals surface area contributed by atoms with Crippen molar-refractivity contribution >= 4 is 45.2 Å². The van der Waals surface area contributed by atoms with Gasteiger partial charge in [-0.15, -0.1) is 0 Å². The molecule has 1 aliphatic heterocycles. The number of hydrogen-bond acceptors (Lipinski definition) is 1. The van der Waals surface area contributed by atoms with Crippen molar-refractivity contribution in [3.63, 3.8) is 0 Å². The molecule has 0 aromatic carbocycles. The Kier molecular flexibility index (Phi) is 4.23. The minimum Gasteiger partial charge on any atom is -0.380 e. The molecule has 3 heteroatoms. The normalized spacial score (nSPS) is 22.2. The first-order valence-corrected chi connectivity index (χ1v) is 6.58. The molecule has 1 fully saturated rings. The molecule has 1 rings (SSSR count). The molecule has 1 nitrogen and oxygen atoms in total. The van der Waals surface area contributed by atoms with Gasteiger partial charge in [0.1, 0.15) is 0 Å². The van der Waals surface area contributed by atoms with Crippen molar-refractivity contribution in [3.05, 3.63) is 0 Å². The summed E-state index contributed by atoms with van der Waals surface area (Å²) < 4.78 is 7.79. The Morgan fingerprint density at radius 3 is 1.80 bits per heavy atom. The van der Waals surface area contributed by atoms with E-state index in [0.29, 0.717) is 5.41 Å². The fraction of sp³-hybridized carbons (Fsp3) is 1.00. The molecule has 0 aliphatic carbocycles. The largest absolute Gasteiger partial charge is 0.380 e. The van der Waals surface area contributed by atoms with Gasteiger partial charge in [-0.05, 0) is 12.8 Å². The molecule has 0 aromatic heterocycles. The van der Waals surface area contributed by atoms with Crippen molar-refractivity contribution < 1.29 is 4.74 Å². The second-order valence-electron chi connectivity index (χ2n) is 2.87. The molecule has 0 atom stereocenters. The molecule has 0 amide bonds. The van der Waals surface area contributed by atoms with Gasteiger partial charge in [-0.3, -0.25) is 0 Å². The second kappa shape index (κ2) is 4.45. The van der Waals surface area contributed by atoms with Crippen LogP contribution in [0.3, 0.4) is 0 Å². The van der Waals surface area contributed by atoms with Gasteiger partial charge in [-0.1, -0.05) is 45.2 Å². The number of ether oxygens (including phenoxy) is 1. The second-order valence-corrected chi connectivity index (χ2v) is 5.03. The molecule has 10 heavy (non-hydrogen) atoms. The third kappa shape index (κ3) is 2.20. The highest BCUT2D eigenvalue weighted by molar-refractivity contribution is 14.1. The first-order valence-electron chi connectivity index (χ1n) is 3.53. The fourth-order valence-electron chi connectivity index (χ4n) is 1.21. The van der Waals surface area contributed by atoms with Gasteiger partial charge in [0.15, 0.2) is 0 Å². The molecule has 0 radical (unpaired) electrons. The summed E-state index contributed by atoms with van der Waals surface area (Å²) in [4.78, 5) is 0. The first kappa shape index (κ1) is 9.51. The molecular weight excluding hydrogens is 354 g/mol. The van der Waals surface area contributed by atoms with Gasteiger partial charge in [-0.25, -0.2) is 0 Å². The zero-order valence-corrected chi connectivity index (χ0v) is 10.2. The van der Waals surface area contributed by atoms with E-state index in [2.05, 4.69) is 45.2 Å². The lowest BCUT2D eigenvalue weighted by Crippen LogP contribution is -2.43. The quantitative estimate of drug-likeness (QED) is 0.549. The van der Waals surface area contributed by atoms with Gasteiger partial charge in [-0.2, -0.15) is 0 Å². The third-order valence-electron chi connectivity index (χ3n) is 2.07. The van der Waals surface area contributed by atoms with Crippen LogP contribution in [0.5, 0.6) is 0 Å². The fourth-order valence-corrected chi connectivity index (χ4v) is 3.49. The van der Waals surface area contributed by atoms with Gasteiger partial charge >= 0.3 is 0 Å². The van der Waals surface area contributed by atoms with E-state index in [9.17, 15) is 0 Å². The summed E-state index contributed by atoms with van der Waals surface area (Å²) in [5.74, 6) is 0. The van der Waals surface area contributed by atoms with Crippen LogP contribution in [0.2, 0.25) is 0 Å². The minimum atomic E-state index is 0.586. The molecule has 0 bridgehead atoms. The number of halogens is 2. The summed E-state index contributed by atoms with van der Waals surface area (Å²) in [6.07, 6.45) is 2.69. The topological polar surface area (TPSA) is 9.23 Å². The van der Waals surface area contributed by atoms with E-state index < -0.39 is 0 Å². The van der Waals surface area contributed by atoms with E-state index in [0.717, 1.165) is 13.2 Å². The van der Waals surface area contributed by atoms with Gasteiger partial charge < -0.3 is 4.74 Å². The van der Waals surface area contributed by atoms with E-state index in [1.807, 2.05) is 0 Å². The van der Waals surface area contributed by atoms with Crippen LogP contribution in [0.1, 0.15) is 12.8 Å². The molecule has 0 N–H and O–H groups in total. The van der Waals surface area contributed by atoms with Crippen molar-refractivity contribution in [2.75, 3.05) is 22.1 Å². The highest BCUT2D eigenvalue weighted by atomic mass is 127. The Morgan fingerprint density at radius 2 is 1.60 bits per heavy atom. The Morgan fingerprint density at radius 1 is 1.10 bits per heavy atom. The molecule has 1 saturated heterocycles. The Bertz CT molecular complexity index is 93.8. The van der Waals surface area contributed by atoms with Crippen LogP contribution in [0.4, 0.5) is 0 Å². The molecule has 1 heterocycles. The summed E-state index contributed by atoms with van der Waals surface area (Å²) in [6, 6.07) is 0. The lowest BCUT2D eigenvalue weighted by Gasteiger charge is -2.41. The minimum absolute atomic E-state index is 0.586. The monoisotopic (exact) mass is 366 g/mol. The molecule has 60 valence electrons. The summed E-state index contributed by atoms with van der Waals surface area (Å²) in [6.45, 7) is 2.03. The zero-order valence-electron chi connectivity index (χ0n) is 5.91. The average molecular weight is 366 g/mol. The summed E-state index contributed by atoms with van der Waals surface area (Å²) in [5.41, 5.74) is 0.586. The Labute approximate surface area is 89.6 Å². The molecule has 0 saturated carbocycles. The lowest BCUT2D eigenvalue weighted by molar-refractivity contribution is -0.114. The zero-order chi connectivity index (χ0) is 7.45. The van der Waals surface area contributed by atoms with Crippen LogP contribution >= 0.6 is 45.2 Å². The van der Waals surface area contributed by atoms with Crippen LogP contribution in [0.15, 0.2) is 0 Å². The smallest absolute Gasteiger partial charge is 0.0545 e.